The SMILES string of the molecule is Cc1cc(-c2ccc(/C=N\N=C(N)N[N+](=O)[O-])o2)c([N+](=O)[O-])cc1C. The van der Waals surface area contributed by atoms with Crippen LogP contribution in [0.3, 0.4) is 0 Å². The molecule has 0 fully saturated rings. The molecule has 130 valence electrons. The minimum atomic E-state index is -0.877. The van der Waals surface area contributed by atoms with Gasteiger partial charge in [0.05, 0.1) is 16.7 Å². The van der Waals surface area contributed by atoms with E-state index in [1.165, 1.54) is 18.3 Å². The van der Waals surface area contributed by atoms with Crippen LogP contribution in [0.4, 0.5) is 5.69 Å². The second-order valence-corrected chi connectivity index (χ2v) is 5.01. The minimum Gasteiger partial charge on any atom is -0.455 e. The van der Waals surface area contributed by atoms with Crippen LogP contribution < -0.4 is 11.2 Å². The smallest absolute Gasteiger partial charge is 0.280 e. The summed E-state index contributed by atoms with van der Waals surface area (Å²) in [6.07, 6.45) is 1.17. The topological polar surface area (TPSA) is 162 Å². The number of hydrazine groups is 1. The predicted molar refractivity (Wildman–Crippen MR) is 89.6 cm³/mol. The van der Waals surface area contributed by atoms with Crippen LogP contribution in [-0.2, 0) is 0 Å². The molecule has 0 unspecified atom stereocenters. The number of nitro groups is 2. The van der Waals surface area contributed by atoms with E-state index in [0.29, 0.717) is 5.56 Å². The Kier molecular flexibility index (Phi) is 5.07. The van der Waals surface area contributed by atoms with Crippen LogP contribution in [0.1, 0.15) is 16.9 Å². The van der Waals surface area contributed by atoms with E-state index in [2.05, 4.69) is 10.2 Å². The molecule has 0 atom stereocenters. The second kappa shape index (κ2) is 7.21. The van der Waals surface area contributed by atoms with Crippen molar-refractivity contribution in [2.24, 2.45) is 15.9 Å². The normalized spacial score (nSPS) is 11.7. The van der Waals surface area contributed by atoms with Crippen LogP contribution in [0.2, 0.25) is 0 Å². The molecule has 1 heterocycles. The number of hydrogen-bond donors (Lipinski definition) is 2. The average molecular weight is 346 g/mol. The van der Waals surface area contributed by atoms with E-state index >= 15 is 0 Å². The van der Waals surface area contributed by atoms with E-state index in [4.69, 9.17) is 10.2 Å². The van der Waals surface area contributed by atoms with Crippen molar-refractivity contribution >= 4 is 17.9 Å². The first-order valence-corrected chi connectivity index (χ1v) is 6.91. The maximum atomic E-state index is 11.2. The summed E-state index contributed by atoms with van der Waals surface area (Å²) >= 11 is 0. The molecule has 0 spiro atoms. The van der Waals surface area contributed by atoms with Crippen LogP contribution in [-0.4, -0.2) is 22.1 Å². The van der Waals surface area contributed by atoms with Crippen molar-refractivity contribution in [3.8, 4) is 11.3 Å². The molecule has 25 heavy (non-hydrogen) atoms. The van der Waals surface area contributed by atoms with Gasteiger partial charge in [-0.25, -0.2) is 10.1 Å². The van der Waals surface area contributed by atoms with Crippen molar-refractivity contribution in [3.63, 3.8) is 0 Å². The summed E-state index contributed by atoms with van der Waals surface area (Å²) in [5.74, 6) is 0.0367. The van der Waals surface area contributed by atoms with Gasteiger partial charge >= 0.3 is 0 Å². The molecule has 1 aromatic heterocycles. The summed E-state index contributed by atoms with van der Waals surface area (Å²) < 4.78 is 5.50. The van der Waals surface area contributed by atoms with Crippen LogP contribution >= 0.6 is 0 Å². The molecule has 1 aromatic carbocycles. The quantitative estimate of drug-likeness (QED) is 0.361. The molecule has 3 N–H and O–H groups in total. The summed E-state index contributed by atoms with van der Waals surface area (Å²) in [5, 5.41) is 27.4. The predicted octanol–water partition coefficient (Wildman–Crippen LogP) is 1.90. The van der Waals surface area contributed by atoms with Gasteiger partial charge in [-0.1, -0.05) is 5.43 Å². The number of rotatable bonds is 5. The van der Waals surface area contributed by atoms with Crippen LogP contribution in [0.15, 0.2) is 38.9 Å². The van der Waals surface area contributed by atoms with Gasteiger partial charge in [0.1, 0.15) is 11.5 Å². The van der Waals surface area contributed by atoms with Gasteiger partial charge in [-0.15, -0.1) is 5.10 Å². The van der Waals surface area contributed by atoms with Gasteiger partial charge in [0, 0.05) is 6.07 Å². The number of nitrogens with zero attached hydrogens (tertiary/aromatic N) is 4. The van der Waals surface area contributed by atoms with Crippen molar-refractivity contribution in [2.75, 3.05) is 0 Å². The molecule has 0 aliphatic rings. The summed E-state index contributed by atoms with van der Waals surface area (Å²) in [7, 11) is 0. The minimum absolute atomic E-state index is 0.0709. The second-order valence-electron chi connectivity index (χ2n) is 5.01. The fourth-order valence-electron chi connectivity index (χ4n) is 1.98. The molecule has 0 saturated heterocycles. The number of guanidine groups is 1. The van der Waals surface area contributed by atoms with Gasteiger partial charge in [-0.05, 0) is 43.2 Å². The molecule has 2 rings (SSSR count). The number of nitrogens with two attached hydrogens (primary N) is 1. The summed E-state index contributed by atoms with van der Waals surface area (Å²) in [6.45, 7) is 3.63. The van der Waals surface area contributed by atoms with Crippen molar-refractivity contribution in [1.82, 2.24) is 5.43 Å². The molecule has 0 aliphatic carbocycles. The summed E-state index contributed by atoms with van der Waals surface area (Å²) in [5.41, 5.74) is 8.77. The Morgan fingerprint density at radius 2 is 1.92 bits per heavy atom. The molecule has 0 amide bonds. The Morgan fingerprint density at radius 1 is 1.24 bits per heavy atom. The highest BCUT2D eigenvalue weighted by atomic mass is 16.7. The first-order valence-electron chi connectivity index (χ1n) is 6.91. The molecule has 11 heteroatoms. The van der Waals surface area contributed by atoms with Gasteiger partial charge in [-0.3, -0.25) is 10.1 Å². The van der Waals surface area contributed by atoms with Crippen LogP contribution in [0.25, 0.3) is 11.3 Å². The van der Waals surface area contributed by atoms with Gasteiger partial charge in [-0.2, -0.15) is 5.10 Å². The van der Waals surface area contributed by atoms with Crippen molar-refractivity contribution in [1.29, 1.82) is 0 Å². The Morgan fingerprint density at radius 3 is 2.56 bits per heavy atom. The number of nitro benzene ring substituents is 1. The van der Waals surface area contributed by atoms with Crippen LogP contribution in [0.5, 0.6) is 0 Å². The van der Waals surface area contributed by atoms with E-state index in [1.807, 2.05) is 6.92 Å². The first-order chi connectivity index (χ1) is 11.8. The Balaban J connectivity index is 2.29. The van der Waals surface area contributed by atoms with Crippen LogP contribution in [0, 0.1) is 34.1 Å². The van der Waals surface area contributed by atoms with E-state index in [1.54, 1.807) is 24.5 Å². The zero-order valence-corrected chi connectivity index (χ0v) is 13.3. The number of furan rings is 1. The summed E-state index contributed by atoms with van der Waals surface area (Å²) in [4.78, 5) is 20.9. The fourth-order valence-corrected chi connectivity index (χ4v) is 1.98. The lowest BCUT2D eigenvalue weighted by molar-refractivity contribution is -0.525. The van der Waals surface area contributed by atoms with Gasteiger partial charge in [0.2, 0.25) is 0 Å². The lowest BCUT2D eigenvalue weighted by atomic mass is 10.0. The van der Waals surface area contributed by atoms with Crippen molar-refractivity contribution < 1.29 is 14.4 Å². The highest BCUT2D eigenvalue weighted by Gasteiger charge is 2.19. The van der Waals surface area contributed by atoms with Gasteiger partial charge in [0.25, 0.3) is 11.6 Å². The summed E-state index contributed by atoms with van der Waals surface area (Å²) in [6, 6.07) is 6.24. The zero-order valence-electron chi connectivity index (χ0n) is 13.3. The van der Waals surface area contributed by atoms with Crippen molar-refractivity contribution in [3.05, 3.63) is 61.4 Å². The third kappa shape index (κ3) is 4.37. The third-order valence-corrected chi connectivity index (χ3v) is 3.26. The first kappa shape index (κ1) is 17.6. The number of hydrogen-bond acceptors (Lipinski definition) is 7. The molecular formula is C14H14N6O5. The molecule has 11 nitrogen and oxygen atoms in total. The monoisotopic (exact) mass is 346 g/mol. The molecule has 0 aliphatic heterocycles. The fraction of sp³-hybridized carbons (Fsp3) is 0.143. The van der Waals surface area contributed by atoms with E-state index in [9.17, 15) is 20.2 Å². The number of aryl methyl sites for hydroxylation is 2. The Hall–Kier alpha value is -3.76. The van der Waals surface area contributed by atoms with Crippen molar-refractivity contribution in [2.45, 2.75) is 13.8 Å². The molecule has 0 saturated carbocycles. The maximum absolute atomic E-state index is 11.2. The highest BCUT2D eigenvalue weighted by Crippen LogP contribution is 2.33. The zero-order chi connectivity index (χ0) is 18.6. The standard InChI is InChI=1S/C14H14N6O5/c1-8-5-11(12(19(21)22)6-9(8)2)13-4-3-10(25-13)7-16-17-14(15)18-20(23)24/h3-7H,1-2H3,(H3,15,17,18)/b16-7-. The van der Waals surface area contributed by atoms with E-state index < -0.39 is 15.9 Å². The van der Waals surface area contributed by atoms with Gasteiger partial charge in [0.15, 0.2) is 5.03 Å². The third-order valence-electron chi connectivity index (χ3n) is 3.26. The largest absolute Gasteiger partial charge is 0.455 e. The molecule has 0 bridgehead atoms. The molecule has 2 aromatic rings. The molecule has 0 radical (unpaired) electrons. The highest BCUT2D eigenvalue weighted by molar-refractivity contribution is 5.81. The number of nitrogens with one attached hydrogen (secondary N) is 1. The van der Waals surface area contributed by atoms with Gasteiger partial charge < -0.3 is 10.2 Å². The van der Waals surface area contributed by atoms with E-state index in [0.717, 1.165) is 11.1 Å². The number of benzene rings is 1. The van der Waals surface area contributed by atoms with E-state index in [-0.39, 0.29) is 17.2 Å². The Labute approximate surface area is 141 Å². The maximum Gasteiger partial charge on any atom is 0.280 e. The average Bonchev–Trinajstić information content (AvgIpc) is 2.97. The lowest BCUT2D eigenvalue weighted by Gasteiger charge is -2.04. The lowest BCUT2D eigenvalue weighted by Crippen LogP contribution is -2.35. The Bertz CT molecular complexity index is 886. The molecular weight excluding hydrogens is 332 g/mol.